The van der Waals surface area contributed by atoms with Crippen LogP contribution >= 0.6 is 0 Å². The lowest BCUT2D eigenvalue weighted by molar-refractivity contribution is 0.574. The van der Waals surface area contributed by atoms with E-state index in [0.717, 1.165) is 18.2 Å². The number of nitrogens with one attached hydrogen (secondary N) is 3. The first-order valence-corrected chi connectivity index (χ1v) is 9.86. The Morgan fingerprint density at radius 1 is 1.09 bits per heavy atom. The van der Waals surface area contributed by atoms with Crippen LogP contribution in [0.1, 0.15) is 13.8 Å². The molecular weight excluding hydrogens is 333 g/mol. The minimum Gasteiger partial charge on any atom is -0.316 e. The largest absolute Gasteiger partial charge is 0.316 e. The second kappa shape index (κ2) is 7.86. The number of sulfonamides is 2. The minimum absolute atomic E-state index is 0.169. The van der Waals surface area contributed by atoms with Crippen LogP contribution in [0.4, 0.5) is 10.1 Å². The highest BCUT2D eigenvalue weighted by Crippen LogP contribution is 2.20. The summed E-state index contributed by atoms with van der Waals surface area (Å²) in [7, 11) is -7.46. The first-order chi connectivity index (χ1) is 10.2. The van der Waals surface area contributed by atoms with E-state index in [-0.39, 0.29) is 22.9 Å². The van der Waals surface area contributed by atoms with Gasteiger partial charge in [-0.15, -0.1) is 0 Å². The first kappa shape index (κ1) is 18.8. The summed E-state index contributed by atoms with van der Waals surface area (Å²) in [5.74, 6) is -1.16. The lowest BCUT2D eigenvalue weighted by Crippen LogP contribution is -2.31. The Morgan fingerprint density at radius 2 is 1.77 bits per heavy atom. The molecule has 0 amide bonds. The minimum atomic E-state index is -3.84. The zero-order chi connectivity index (χ0) is 16.8. The summed E-state index contributed by atoms with van der Waals surface area (Å²) in [5.41, 5.74) is -0.284. The third-order valence-corrected chi connectivity index (χ3v) is 5.49. The van der Waals surface area contributed by atoms with Crippen molar-refractivity contribution in [3.63, 3.8) is 0 Å². The van der Waals surface area contributed by atoms with Crippen molar-refractivity contribution >= 4 is 25.7 Å². The normalized spacial score (nSPS) is 12.3. The van der Waals surface area contributed by atoms with E-state index in [1.54, 1.807) is 0 Å². The number of rotatable bonds is 9. The molecule has 0 heterocycles. The number of likely N-dealkylation sites (N-methyl/N-ethyl adjacent to an activating group) is 1. The molecule has 0 aromatic heterocycles. The molecule has 0 saturated heterocycles. The van der Waals surface area contributed by atoms with Gasteiger partial charge in [0.1, 0.15) is 5.82 Å². The molecule has 0 spiro atoms. The highest BCUT2D eigenvalue weighted by molar-refractivity contribution is 7.92. The lowest BCUT2D eigenvalue weighted by Gasteiger charge is -2.10. The molecule has 10 heteroatoms. The van der Waals surface area contributed by atoms with Crippen molar-refractivity contribution in [1.82, 2.24) is 10.0 Å². The maximum absolute atomic E-state index is 13.9. The number of hydrogen-bond acceptors (Lipinski definition) is 5. The summed E-state index contributed by atoms with van der Waals surface area (Å²) in [6.07, 6.45) is 0. The third kappa shape index (κ3) is 5.52. The average Bonchev–Trinajstić information content (AvgIpc) is 2.45. The monoisotopic (exact) mass is 353 g/mol. The van der Waals surface area contributed by atoms with Crippen molar-refractivity contribution in [2.45, 2.75) is 18.7 Å². The molecule has 22 heavy (non-hydrogen) atoms. The molecule has 0 bridgehead atoms. The van der Waals surface area contributed by atoms with Gasteiger partial charge in [0.15, 0.2) is 0 Å². The highest BCUT2D eigenvalue weighted by Gasteiger charge is 2.17. The van der Waals surface area contributed by atoms with Gasteiger partial charge in [-0.05, 0) is 31.7 Å². The van der Waals surface area contributed by atoms with Crippen LogP contribution in [0.3, 0.4) is 0 Å². The smallest absolute Gasteiger partial charge is 0.240 e. The van der Waals surface area contributed by atoms with Crippen LogP contribution in [0, 0.1) is 5.82 Å². The van der Waals surface area contributed by atoms with Crippen LogP contribution in [0.15, 0.2) is 23.1 Å². The third-order valence-electron chi connectivity index (χ3n) is 2.74. The molecule has 1 aromatic rings. The van der Waals surface area contributed by atoms with Crippen molar-refractivity contribution in [2.24, 2.45) is 0 Å². The Labute approximate surface area is 130 Å². The molecule has 0 aliphatic heterocycles. The fraction of sp³-hybridized carbons (Fsp3) is 0.500. The van der Waals surface area contributed by atoms with Gasteiger partial charge in [0.25, 0.3) is 0 Å². The van der Waals surface area contributed by atoms with Gasteiger partial charge >= 0.3 is 0 Å². The molecule has 0 radical (unpaired) electrons. The molecule has 126 valence electrons. The Morgan fingerprint density at radius 3 is 2.32 bits per heavy atom. The maximum atomic E-state index is 13.9. The number of hydrogen-bond donors (Lipinski definition) is 3. The summed E-state index contributed by atoms with van der Waals surface area (Å²) >= 11 is 0. The molecule has 0 atom stereocenters. The van der Waals surface area contributed by atoms with E-state index in [1.807, 2.05) is 11.6 Å². The molecule has 0 unspecified atom stereocenters. The average molecular weight is 353 g/mol. The van der Waals surface area contributed by atoms with Gasteiger partial charge in [-0.2, -0.15) is 0 Å². The van der Waals surface area contributed by atoms with Gasteiger partial charge in [-0.3, -0.25) is 4.72 Å². The summed E-state index contributed by atoms with van der Waals surface area (Å²) in [6.45, 7) is 4.63. The second-order valence-corrected chi connectivity index (χ2v) is 8.18. The van der Waals surface area contributed by atoms with Gasteiger partial charge in [0, 0.05) is 13.1 Å². The van der Waals surface area contributed by atoms with Crippen molar-refractivity contribution in [3.8, 4) is 0 Å². The van der Waals surface area contributed by atoms with E-state index in [1.165, 1.54) is 6.92 Å². The van der Waals surface area contributed by atoms with Crippen molar-refractivity contribution in [3.05, 3.63) is 24.0 Å². The molecule has 0 aliphatic carbocycles. The SMILES string of the molecule is CCNCCNS(=O)(=O)c1ccc(NS(=O)(=O)CC)c(F)c1. The van der Waals surface area contributed by atoms with Crippen LogP contribution < -0.4 is 14.8 Å². The first-order valence-electron chi connectivity index (χ1n) is 6.72. The van der Waals surface area contributed by atoms with E-state index in [2.05, 4.69) is 10.0 Å². The van der Waals surface area contributed by atoms with Gasteiger partial charge in [-0.25, -0.2) is 25.9 Å². The summed E-state index contributed by atoms with van der Waals surface area (Å²) in [4.78, 5) is -0.263. The fourth-order valence-electron chi connectivity index (χ4n) is 1.52. The van der Waals surface area contributed by atoms with Crippen LogP contribution in [0.5, 0.6) is 0 Å². The summed E-state index contributed by atoms with van der Waals surface area (Å²) in [5, 5.41) is 2.95. The van der Waals surface area contributed by atoms with E-state index in [9.17, 15) is 21.2 Å². The molecular formula is C12H20FN3O4S2. The van der Waals surface area contributed by atoms with Crippen LogP contribution in [-0.4, -0.2) is 42.2 Å². The second-order valence-electron chi connectivity index (χ2n) is 4.40. The lowest BCUT2D eigenvalue weighted by atomic mass is 10.3. The summed E-state index contributed by atoms with van der Waals surface area (Å²) in [6, 6.07) is 3.01. The van der Waals surface area contributed by atoms with Crippen molar-refractivity contribution < 1.29 is 21.2 Å². The number of benzene rings is 1. The van der Waals surface area contributed by atoms with Gasteiger partial charge in [-0.1, -0.05) is 6.92 Å². The van der Waals surface area contributed by atoms with Crippen LogP contribution in [0.2, 0.25) is 0 Å². The molecule has 7 nitrogen and oxygen atoms in total. The molecule has 1 rings (SSSR count). The topological polar surface area (TPSA) is 104 Å². The van der Waals surface area contributed by atoms with E-state index < -0.39 is 25.9 Å². The standard InChI is InChI=1S/C12H20FN3O4S2/c1-3-14-7-8-15-22(19,20)10-5-6-12(11(13)9-10)16-21(17,18)4-2/h5-6,9,14-16H,3-4,7-8H2,1-2H3. The van der Waals surface area contributed by atoms with E-state index >= 15 is 0 Å². The van der Waals surface area contributed by atoms with Crippen molar-refractivity contribution in [1.29, 1.82) is 0 Å². The summed E-state index contributed by atoms with van der Waals surface area (Å²) < 4.78 is 64.9. The molecule has 0 saturated carbocycles. The van der Waals surface area contributed by atoms with E-state index in [0.29, 0.717) is 13.1 Å². The van der Waals surface area contributed by atoms with Crippen molar-refractivity contribution in [2.75, 3.05) is 30.1 Å². The highest BCUT2D eigenvalue weighted by atomic mass is 32.2. The molecule has 0 aliphatic rings. The predicted molar refractivity (Wildman–Crippen MR) is 83.2 cm³/mol. The molecule has 0 fully saturated rings. The quantitative estimate of drug-likeness (QED) is 0.560. The van der Waals surface area contributed by atoms with Gasteiger partial charge in [0.05, 0.1) is 16.3 Å². The molecule has 1 aromatic carbocycles. The van der Waals surface area contributed by atoms with E-state index in [4.69, 9.17) is 0 Å². The number of halogens is 1. The number of anilines is 1. The Bertz CT molecular complexity index is 705. The Hall–Kier alpha value is -1.23. The van der Waals surface area contributed by atoms with Gasteiger partial charge < -0.3 is 5.32 Å². The van der Waals surface area contributed by atoms with Crippen LogP contribution in [-0.2, 0) is 20.0 Å². The fourth-order valence-corrected chi connectivity index (χ4v) is 3.21. The maximum Gasteiger partial charge on any atom is 0.240 e. The van der Waals surface area contributed by atoms with Crippen LogP contribution in [0.25, 0.3) is 0 Å². The zero-order valence-electron chi connectivity index (χ0n) is 12.4. The molecule has 3 N–H and O–H groups in total. The zero-order valence-corrected chi connectivity index (χ0v) is 14.0. The predicted octanol–water partition coefficient (Wildman–Crippen LogP) is 0.475. The Kier molecular flexibility index (Phi) is 6.72. The Balaban J connectivity index is 2.88. The van der Waals surface area contributed by atoms with Gasteiger partial charge in [0.2, 0.25) is 20.0 Å².